The van der Waals surface area contributed by atoms with Crippen LogP contribution < -0.4 is 10.6 Å². The van der Waals surface area contributed by atoms with Gasteiger partial charge in [-0.05, 0) is 18.2 Å². The molecule has 5 nitrogen and oxygen atoms in total. The number of halogens is 5. The Morgan fingerprint density at radius 2 is 1.91 bits per heavy atom. The number of hydrogen-bond acceptors (Lipinski definition) is 3. The fourth-order valence-corrected chi connectivity index (χ4v) is 1.62. The minimum absolute atomic E-state index is 0.177. The summed E-state index contributed by atoms with van der Waals surface area (Å²) in [4.78, 5) is 22.5. The van der Waals surface area contributed by atoms with E-state index in [0.717, 1.165) is 0 Å². The number of alkyl halides is 3. The molecule has 0 saturated carbocycles. The molecule has 2 N–H and O–H groups in total. The summed E-state index contributed by atoms with van der Waals surface area (Å²) in [5.74, 6) is -0.500. The van der Waals surface area contributed by atoms with Gasteiger partial charge in [-0.1, -0.05) is 23.2 Å². The first kappa shape index (κ1) is 18.4. The first-order chi connectivity index (χ1) is 10.2. The van der Waals surface area contributed by atoms with E-state index in [-0.39, 0.29) is 18.0 Å². The van der Waals surface area contributed by atoms with E-state index in [4.69, 9.17) is 23.2 Å². The van der Waals surface area contributed by atoms with Gasteiger partial charge in [-0.3, -0.25) is 4.79 Å². The zero-order chi connectivity index (χ0) is 16.8. The number of hydrogen-bond donors (Lipinski definition) is 2. The summed E-state index contributed by atoms with van der Waals surface area (Å²) in [6.45, 7) is -1.89. The van der Waals surface area contributed by atoms with Crippen LogP contribution in [-0.2, 0) is 9.53 Å². The van der Waals surface area contributed by atoms with Gasteiger partial charge in [0.1, 0.15) is 0 Å². The van der Waals surface area contributed by atoms with Crippen molar-refractivity contribution < 1.29 is 27.5 Å². The van der Waals surface area contributed by atoms with Crippen LogP contribution in [-0.4, -0.2) is 31.3 Å². The molecule has 0 saturated heterocycles. The van der Waals surface area contributed by atoms with Crippen LogP contribution in [0.5, 0.6) is 0 Å². The monoisotopic (exact) mass is 358 g/mol. The van der Waals surface area contributed by atoms with Crippen LogP contribution in [0.2, 0.25) is 10.0 Å². The summed E-state index contributed by atoms with van der Waals surface area (Å²) in [5.41, 5.74) is 0.291. The van der Waals surface area contributed by atoms with Gasteiger partial charge in [-0.2, -0.15) is 13.2 Å². The van der Waals surface area contributed by atoms with Crippen molar-refractivity contribution in [3.8, 4) is 0 Å². The molecule has 1 rings (SSSR count). The lowest BCUT2D eigenvalue weighted by molar-refractivity contribution is -0.160. The van der Waals surface area contributed by atoms with Crippen molar-refractivity contribution in [1.82, 2.24) is 5.32 Å². The molecule has 1 aromatic carbocycles. The Morgan fingerprint density at radius 1 is 1.23 bits per heavy atom. The third-order valence-corrected chi connectivity index (χ3v) is 2.76. The zero-order valence-electron chi connectivity index (χ0n) is 11.0. The molecule has 0 unspecified atom stereocenters. The van der Waals surface area contributed by atoms with E-state index in [2.05, 4.69) is 10.1 Å². The highest BCUT2D eigenvalue weighted by atomic mass is 35.5. The molecule has 0 fully saturated rings. The van der Waals surface area contributed by atoms with Crippen LogP contribution in [0.1, 0.15) is 6.42 Å². The van der Waals surface area contributed by atoms with Crippen molar-refractivity contribution in [1.29, 1.82) is 0 Å². The standard InChI is InChI=1S/C12H11Cl2F3N2O3/c13-7-1-2-8(14)9(5-7)19-10(20)3-4-18-11(21)22-6-12(15,16)17/h1-2,5H,3-4,6H2,(H,18,21)(H,19,20). The molecule has 2 amide bonds. The second-order valence-corrected chi connectivity index (χ2v) is 4.88. The number of carbonyl (C=O) groups excluding carboxylic acids is 2. The molecular weight excluding hydrogens is 348 g/mol. The summed E-state index contributed by atoms with van der Waals surface area (Å²) >= 11 is 11.6. The number of amides is 2. The Morgan fingerprint density at radius 3 is 2.55 bits per heavy atom. The van der Waals surface area contributed by atoms with Gasteiger partial charge >= 0.3 is 12.3 Å². The molecule has 1 aromatic rings. The molecule has 0 radical (unpaired) electrons. The first-order valence-electron chi connectivity index (χ1n) is 5.89. The molecule has 0 aliphatic heterocycles. The zero-order valence-corrected chi connectivity index (χ0v) is 12.5. The SMILES string of the molecule is O=C(CCNC(=O)OCC(F)(F)F)Nc1cc(Cl)ccc1Cl. The fraction of sp³-hybridized carbons (Fsp3) is 0.333. The van der Waals surface area contributed by atoms with Crippen LogP contribution in [0.4, 0.5) is 23.7 Å². The minimum atomic E-state index is -4.60. The molecule has 0 spiro atoms. The summed E-state index contributed by atoms with van der Waals surface area (Å²) in [7, 11) is 0. The van der Waals surface area contributed by atoms with Crippen molar-refractivity contribution in [2.75, 3.05) is 18.5 Å². The number of ether oxygens (including phenoxy) is 1. The normalized spacial score (nSPS) is 11.0. The Hall–Kier alpha value is -1.67. The van der Waals surface area contributed by atoms with Crippen LogP contribution in [0.25, 0.3) is 0 Å². The summed E-state index contributed by atoms with van der Waals surface area (Å²) in [6.07, 6.45) is -6.03. The Bertz CT molecular complexity index is 553. The lowest BCUT2D eigenvalue weighted by atomic mass is 10.3. The second kappa shape index (κ2) is 8.09. The molecule has 0 bridgehead atoms. The van der Waals surface area contributed by atoms with Crippen LogP contribution >= 0.6 is 23.2 Å². The van der Waals surface area contributed by atoms with Gasteiger partial charge in [-0.15, -0.1) is 0 Å². The van der Waals surface area contributed by atoms with E-state index in [9.17, 15) is 22.8 Å². The number of benzene rings is 1. The average molecular weight is 359 g/mol. The smallest absolute Gasteiger partial charge is 0.422 e. The second-order valence-electron chi connectivity index (χ2n) is 4.04. The van der Waals surface area contributed by atoms with E-state index in [1.165, 1.54) is 18.2 Å². The van der Waals surface area contributed by atoms with Crippen LogP contribution in [0.15, 0.2) is 18.2 Å². The highest BCUT2D eigenvalue weighted by Crippen LogP contribution is 2.25. The van der Waals surface area contributed by atoms with Crippen molar-refractivity contribution >= 4 is 40.9 Å². The van der Waals surface area contributed by atoms with Gasteiger partial charge in [0, 0.05) is 18.0 Å². The number of alkyl carbamates (subject to hydrolysis) is 1. The van der Waals surface area contributed by atoms with E-state index >= 15 is 0 Å². The fourth-order valence-electron chi connectivity index (χ4n) is 1.28. The largest absolute Gasteiger partial charge is 0.440 e. The third-order valence-electron chi connectivity index (χ3n) is 2.19. The molecule has 0 aliphatic carbocycles. The van der Waals surface area contributed by atoms with Gasteiger partial charge in [0.15, 0.2) is 6.61 Å². The highest BCUT2D eigenvalue weighted by Gasteiger charge is 2.29. The van der Waals surface area contributed by atoms with Crippen molar-refractivity contribution in [2.24, 2.45) is 0 Å². The average Bonchev–Trinajstić information content (AvgIpc) is 2.40. The first-order valence-corrected chi connectivity index (χ1v) is 6.65. The predicted molar refractivity (Wildman–Crippen MR) is 75.1 cm³/mol. The van der Waals surface area contributed by atoms with Gasteiger partial charge in [0.25, 0.3) is 0 Å². The maximum atomic E-state index is 11.8. The quantitative estimate of drug-likeness (QED) is 0.844. The van der Waals surface area contributed by atoms with Crippen LogP contribution in [0, 0.1) is 0 Å². The maximum absolute atomic E-state index is 11.8. The lowest BCUT2D eigenvalue weighted by Gasteiger charge is -2.10. The predicted octanol–water partition coefficient (Wildman–Crippen LogP) is 3.61. The third kappa shape index (κ3) is 7.37. The molecular formula is C12H11Cl2F3N2O3. The Kier molecular flexibility index (Phi) is 6.76. The minimum Gasteiger partial charge on any atom is -0.440 e. The topological polar surface area (TPSA) is 67.4 Å². The lowest BCUT2D eigenvalue weighted by Crippen LogP contribution is -2.31. The molecule has 22 heavy (non-hydrogen) atoms. The molecule has 0 aliphatic rings. The van der Waals surface area contributed by atoms with Crippen molar-refractivity contribution in [3.05, 3.63) is 28.2 Å². The van der Waals surface area contributed by atoms with E-state index in [1.807, 2.05) is 5.32 Å². The van der Waals surface area contributed by atoms with E-state index < -0.39 is 24.8 Å². The molecule has 10 heteroatoms. The Balaban J connectivity index is 2.32. The van der Waals surface area contributed by atoms with Crippen molar-refractivity contribution in [2.45, 2.75) is 12.6 Å². The van der Waals surface area contributed by atoms with E-state index in [1.54, 1.807) is 0 Å². The highest BCUT2D eigenvalue weighted by molar-refractivity contribution is 6.35. The molecule has 0 aromatic heterocycles. The number of nitrogens with one attached hydrogen (secondary N) is 2. The number of carbonyl (C=O) groups is 2. The van der Waals surface area contributed by atoms with Gasteiger partial charge in [-0.25, -0.2) is 4.79 Å². The van der Waals surface area contributed by atoms with E-state index in [0.29, 0.717) is 10.7 Å². The van der Waals surface area contributed by atoms with Gasteiger partial charge < -0.3 is 15.4 Å². The van der Waals surface area contributed by atoms with Gasteiger partial charge in [0.05, 0.1) is 10.7 Å². The summed E-state index contributed by atoms with van der Waals surface area (Å²) < 4.78 is 39.3. The molecule has 0 atom stereocenters. The Labute approximate surface area is 133 Å². The molecule has 122 valence electrons. The number of rotatable bonds is 5. The number of anilines is 1. The maximum Gasteiger partial charge on any atom is 0.422 e. The van der Waals surface area contributed by atoms with Crippen LogP contribution in [0.3, 0.4) is 0 Å². The van der Waals surface area contributed by atoms with Gasteiger partial charge in [0.2, 0.25) is 5.91 Å². The van der Waals surface area contributed by atoms with Crippen molar-refractivity contribution in [3.63, 3.8) is 0 Å². The molecule has 0 heterocycles. The summed E-state index contributed by atoms with van der Waals surface area (Å²) in [5, 5.41) is 5.11. The summed E-state index contributed by atoms with van der Waals surface area (Å²) in [6, 6.07) is 4.47.